The number of ether oxygens (including phenoxy) is 3. The van der Waals surface area contributed by atoms with Gasteiger partial charge in [0.15, 0.2) is 11.5 Å². The van der Waals surface area contributed by atoms with Crippen LogP contribution in [-0.4, -0.2) is 14.2 Å². The molecular weight excluding hydrogens is 400 g/mol. The molecule has 0 spiro atoms. The van der Waals surface area contributed by atoms with Crippen molar-refractivity contribution in [2.24, 2.45) is 0 Å². The molecule has 0 saturated heterocycles. The summed E-state index contributed by atoms with van der Waals surface area (Å²) in [6.07, 6.45) is 0. The number of methoxy groups -OCH3 is 2. The topological polar surface area (TPSA) is 27.7 Å². The van der Waals surface area contributed by atoms with E-state index in [1.54, 1.807) is 14.2 Å². The molecule has 0 aliphatic heterocycles. The van der Waals surface area contributed by atoms with Gasteiger partial charge in [-0.25, -0.2) is 0 Å². The Morgan fingerprint density at radius 1 is 0.857 bits per heavy atom. The van der Waals surface area contributed by atoms with Crippen LogP contribution in [0.2, 0.25) is 0 Å². The lowest BCUT2D eigenvalue weighted by Gasteiger charge is -2.12. The van der Waals surface area contributed by atoms with Crippen LogP contribution in [0.1, 0.15) is 11.1 Å². The van der Waals surface area contributed by atoms with Crippen molar-refractivity contribution in [3.8, 4) is 17.2 Å². The zero-order chi connectivity index (χ0) is 15.2. The van der Waals surface area contributed by atoms with E-state index in [-0.39, 0.29) is 0 Å². The number of alkyl halides is 1. The third-order valence-corrected chi connectivity index (χ3v) is 4.26. The average molecular weight is 416 g/mol. The van der Waals surface area contributed by atoms with Crippen molar-refractivity contribution in [2.45, 2.75) is 11.9 Å². The minimum absolute atomic E-state index is 0.465. The summed E-state index contributed by atoms with van der Waals surface area (Å²) in [5, 5.41) is 0.787. The molecule has 0 aromatic heterocycles. The van der Waals surface area contributed by atoms with Crippen LogP contribution in [0.5, 0.6) is 17.2 Å². The highest BCUT2D eigenvalue weighted by atomic mass is 79.9. The SMILES string of the molecule is COc1ccc(COc2ccc(CBr)cc2OC)cc1Br. The Labute approximate surface area is 141 Å². The zero-order valence-electron chi connectivity index (χ0n) is 11.9. The minimum Gasteiger partial charge on any atom is -0.496 e. The summed E-state index contributed by atoms with van der Waals surface area (Å²) in [6, 6.07) is 11.8. The fourth-order valence-electron chi connectivity index (χ4n) is 1.88. The van der Waals surface area contributed by atoms with Crippen molar-refractivity contribution in [3.05, 3.63) is 52.0 Å². The van der Waals surface area contributed by atoms with Gasteiger partial charge in [0.05, 0.1) is 18.7 Å². The van der Waals surface area contributed by atoms with E-state index in [0.717, 1.165) is 38.2 Å². The van der Waals surface area contributed by atoms with E-state index in [2.05, 4.69) is 31.9 Å². The number of hydrogen-bond donors (Lipinski definition) is 0. The van der Waals surface area contributed by atoms with Crippen molar-refractivity contribution in [1.82, 2.24) is 0 Å². The lowest BCUT2D eigenvalue weighted by atomic mass is 10.2. The van der Waals surface area contributed by atoms with Crippen LogP contribution in [-0.2, 0) is 11.9 Å². The van der Waals surface area contributed by atoms with E-state index in [9.17, 15) is 0 Å². The van der Waals surface area contributed by atoms with Crippen LogP contribution in [0.3, 0.4) is 0 Å². The van der Waals surface area contributed by atoms with Crippen LogP contribution in [0.25, 0.3) is 0 Å². The molecule has 0 amide bonds. The Morgan fingerprint density at radius 2 is 1.52 bits per heavy atom. The Morgan fingerprint density at radius 3 is 2.14 bits per heavy atom. The van der Waals surface area contributed by atoms with Gasteiger partial charge < -0.3 is 14.2 Å². The number of hydrogen-bond acceptors (Lipinski definition) is 3. The second kappa shape index (κ2) is 7.71. The Bertz CT molecular complexity index is 614. The third-order valence-electron chi connectivity index (χ3n) is 2.99. The fraction of sp³-hybridized carbons (Fsp3) is 0.250. The highest BCUT2D eigenvalue weighted by molar-refractivity contribution is 9.10. The summed E-state index contributed by atoms with van der Waals surface area (Å²) in [7, 11) is 3.29. The van der Waals surface area contributed by atoms with E-state index in [4.69, 9.17) is 14.2 Å². The molecule has 0 heterocycles. The van der Waals surface area contributed by atoms with Gasteiger partial charge in [0.25, 0.3) is 0 Å². The highest BCUT2D eigenvalue weighted by Crippen LogP contribution is 2.30. The normalized spacial score (nSPS) is 10.3. The van der Waals surface area contributed by atoms with E-state index < -0.39 is 0 Å². The summed E-state index contributed by atoms with van der Waals surface area (Å²) in [5.74, 6) is 2.27. The summed E-state index contributed by atoms with van der Waals surface area (Å²) >= 11 is 6.90. The van der Waals surface area contributed by atoms with E-state index >= 15 is 0 Å². The monoisotopic (exact) mass is 414 g/mol. The molecule has 0 saturated carbocycles. The smallest absolute Gasteiger partial charge is 0.161 e. The van der Waals surface area contributed by atoms with Gasteiger partial charge in [-0.3, -0.25) is 0 Å². The first kappa shape index (κ1) is 16.2. The number of benzene rings is 2. The van der Waals surface area contributed by atoms with Crippen LogP contribution < -0.4 is 14.2 Å². The van der Waals surface area contributed by atoms with Crippen LogP contribution in [0.15, 0.2) is 40.9 Å². The second-order valence-corrected chi connectivity index (χ2v) is 5.79. The molecule has 0 radical (unpaired) electrons. The van der Waals surface area contributed by atoms with Gasteiger partial charge in [-0.05, 0) is 51.3 Å². The quantitative estimate of drug-likeness (QED) is 0.625. The Hall–Kier alpha value is -1.20. The molecule has 3 nitrogen and oxygen atoms in total. The molecule has 0 unspecified atom stereocenters. The van der Waals surface area contributed by atoms with Crippen LogP contribution in [0, 0.1) is 0 Å². The van der Waals surface area contributed by atoms with Gasteiger partial charge in [0.2, 0.25) is 0 Å². The number of halogens is 2. The molecule has 0 bridgehead atoms. The Kier molecular flexibility index (Phi) is 5.94. The summed E-state index contributed by atoms with van der Waals surface area (Å²) in [6.45, 7) is 0.465. The molecule has 21 heavy (non-hydrogen) atoms. The molecule has 2 aromatic rings. The molecule has 0 atom stereocenters. The van der Waals surface area contributed by atoms with Gasteiger partial charge in [-0.2, -0.15) is 0 Å². The van der Waals surface area contributed by atoms with E-state index in [1.165, 1.54) is 0 Å². The van der Waals surface area contributed by atoms with Crippen molar-refractivity contribution in [1.29, 1.82) is 0 Å². The Balaban J connectivity index is 2.10. The number of rotatable bonds is 6. The molecule has 112 valence electrons. The lowest BCUT2D eigenvalue weighted by molar-refractivity contribution is 0.284. The summed E-state index contributed by atoms with van der Waals surface area (Å²) < 4.78 is 17.3. The molecule has 0 fully saturated rings. The molecule has 0 aliphatic rings. The molecular formula is C16H16Br2O3. The average Bonchev–Trinajstić information content (AvgIpc) is 2.52. The molecule has 5 heteroatoms. The maximum absolute atomic E-state index is 5.84. The van der Waals surface area contributed by atoms with Crippen molar-refractivity contribution >= 4 is 31.9 Å². The van der Waals surface area contributed by atoms with Gasteiger partial charge in [-0.15, -0.1) is 0 Å². The highest BCUT2D eigenvalue weighted by Gasteiger charge is 2.07. The zero-order valence-corrected chi connectivity index (χ0v) is 15.0. The van der Waals surface area contributed by atoms with Crippen LogP contribution >= 0.6 is 31.9 Å². The first-order valence-corrected chi connectivity index (χ1v) is 8.27. The fourth-order valence-corrected chi connectivity index (χ4v) is 2.81. The van der Waals surface area contributed by atoms with E-state index in [1.807, 2.05) is 36.4 Å². The van der Waals surface area contributed by atoms with E-state index in [0.29, 0.717) is 6.61 Å². The largest absolute Gasteiger partial charge is 0.496 e. The third kappa shape index (κ3) is 4.14. The standard InChI is InChI=1S/C16H16Br2O3/c1-19-14-5-4-12(7-13(14)18)10-21-15-6-3-11(9-17)8-16(15)20-2/h3-8H,9-10H2,1-2H3. The van der Waals surface area contributed by atoms with Crippen molar-refractivity contribution in [2.75, 3.05) is 14.2 Å². The molecule has 2 aromatic carbocycles. The lowest BCUT2D eigenvalue weighted by Crippen LogP contribution is -1.98. The maximum Gasteiger partial charge on any atom is 0.161 e. The predicted octanol–water partition coefficient (Wildman–Crippen LogP) is 4.94. The van der Waals surface area contributed by atoms with Crippen LogP contribution in [0.4, 0.5) is 0 Å². The van der Waals surface area contributed by atoms with Gasteiger partial charge in [0.1, 0.15) is 12.4 Å². The first-order chi connectivity index (χ1) is 10.2. The van der Waals surface area contributed by atoms with Crippen molar-refractivity contribution in [3.63, 3.8) is 0 Å². The molecule has 2 rings (SSSR count). The van der Waals surface area contributed by atoms with Gasteiger partial charge >= 0.3 is 0 Å². The second-order valence-electron chi connectivity index (χ2n) is 4.38. The summed E-state index contributed by atoms with van der Waals surface area (Å²) in [4.78, 5) is 0. The predicted molar refractivity (Wildman–Crippen MR) is 90.7 cm³/mol. The van der Waals surface area contributed by atoms with Crippen molar-refractivity contribution < 1.29 is 14.2 Å². The molecule has 0 N–H and O–H groups in total. The van der Waals surface area contributed by atoms with Gasteiger partial charge in [0, 0.05) is 5.33 Å². The summed E-state index contributed by atoms with van der Waals surface area (Å²) in [5.41, 5.74) is 2.20. The maximum atomic E-state index is 5.84. The van der Waals surface area contributed by atoms with Gasteiger partial charge in [-0.1, -0.05) is 28.1 Å². The first-order valence-electron chi connectivity index (χ1n) is 6.36. The minimum atomic E-state index is 0.465. The molecule has 0 aliphatic carbocycles.